The van der Waals surface area contributed by atoms with Gasteiger partial charge in [0.05, 0.1) is 0 Å². The van der Waals surface area contributed by atoms with Crippen molar-refractivity contribution in [3.63, 3.8) is 0 Å². The van der Waals surface area contributed by atoms with Crippen LogP contribution in [0.5, 0.6) is 0 Å². The molecule has 1 aromatic rings. The van der Waals surface area contributed by atoms with Crippen molar-refractivity contribution in [1.29, 1.82) is 0 Å². The fraction of sp³-hybridized carbons (Fsp3) is 0.600. The van der Waals surface area contributed by atoms with Gasteiger partial charge in [-0.25, -0.2) is 4.98 Å². The Bertz CT molecular complexity index is 332. The molecule has 2 aliphatic heterocycles. The molecule has 1 aromatic heterocycles. The lowest BCUT2D eigenvalue weighted by molar-refractivity contribution is 0.576. The standard InChI is InChI=1S/C10H14N4/c11-9-5-6-12-10(13-9)14-7-1-2-8(14)4-3-7/h5-8H,1-4H2,(H2,11,12,13). The first kappa shape index (κ1) is 8.03. The van der Waals surface area contributed by atoms with E-state index in [-0.39, 0.29) is 0 Å². The number of anilines is 2. The Morgan fingerprint density at radius 1 is 1.21 bits per heavy atom. The van der Waals surface area contributed by atoms with Gasteiger partial charge < -0.3 is 10.6 Å². The van der Waals surface area contributed by atoms with Crippen LogP contribution in [0.4, 0.5) is 11.8 Å². The van der Waals surface area contributed by atoms with Crippen LogP contribution < -0.4 is 10.6 Å². The van der Waals surface area contributed by atoms with Gasteiger partial charge in [-0.3, -0.25) is 0 Å². The van der Waals surface area contributed by atoms with Crippen LogP contribution >= 0.6 is 0 Å². The smallest absolute Gasteiger partial charge is 0.227 e. The first-order chi connectivity index (χ1) is 6.84. The molecule has 3 heterocycles. The third kappa shape index (κ3) is 1.06. The Labute approximate surface area is 83.1 Å². The molecule has 2 N–H and O–H groups in total. The first-order valence-electron chi connectivity index (χ1n) is 5.21. The van der Waals surface area contributed by atoms with Crippen LogP contribution in [0.2, 0.25) is 0 Å². The van der Waals surface area contributed by atoms with Crippen LogP contribution in [-0.2, 0) is 0 Å². The van der Waals surface area contributed by atoms with Crippen molar-refractivity contribution in [2.45, 2.75) is 37.8 Å². The summed E-state index contributed by atoms with van der Waals surface area (Å²) in [6.45, 7) is 0. The number of hydrogen-bond donors (Lipinski definition) is 1. The molecule has 0 amide bonds. The van der Waals surface area contributed by atoms with Crippen molar-refractivity contribution in [3.8, 4) is 0 Å². The summed E-state index contributed by atoms with van der Waals surface area (Å²) < 4.78 is 0. The largest absolute Gasteiger partial charge is 0.384 e. The van der Waals surface area contributed by atoms with E-state index in [2.05, 4.69) is 14.9 Å². The summed E-state index contributed by atoms with van der Waals surface area (Å²) >= 11 is 0. The van der Waals surface area contributed by atoms with Crippen molar-refractivity contribution >= 4 is 11.8 Å². The number of rotatable bonds is 1. The van der Waals surface area contributed by atoms with Gasteiger partial charge in [-0.05, 0) is 31.7 Å². The molecule has 2 fully saturated rings. The van der Waals surface area contributed by atoms with Crippen molar-refractivity contribution in [1.82, 2.24) is 9.97 Å². The van der Waals surface area contributed by atoms with Gasteiger partial charge in [0, 0.05) is 18.3 Å². The second-order valence-electron chi connectivity index (χ2n) is 4.15. The Hall–Kier alpha value is -1.32. The molecule has 74 valence electrons. The highest BCUT2D eigenvalue weighted by atomic mass is 15.3. The van der Waals surface area contributed by atoms with Gasteiger partial charge in [0.2, 0.25) is 5.95 Å². The lowest BCUT2D eigenvalue weighted by Gasteiger charge is -2.21. The average molecular weight is 190 g/mol. The van der Waals surface area contributed by atoms with Crippen molar-refractivity contribution in [2.24, 2.45) is 0 Å². The lowest BCUT2D eigenvalue weighted by atomic mass is 10.0. The van der Waals surface area contributed by atoms with E-state index in [1.165, 1.54) is 25.7 Å². The molecule has 0 aliphatic carbocycles. The minimum absolute atomic E-state index is 0.571. The summed E-state index contributed by atoms with van der Waals surface area (Å²) in [7, 11) is 0. The third-order valence-corrected chi connectivity index (χ3v) is 3.35. The molecular formula is C10H14N4. The van der Waals surface area contributed by atoms with Crippen LogP contribution in [0.25, 0.3) is 0 Å². The van der Waals surface area contributed by atoms with Gasteiger partial charge in [-0.2, -0.15) is 4.98 Å². The molecule has 0 aromatic carbocycles. The van der Waals surface area contributed by atoms with E-state index in [1.807, 2.05) is 0 Å². The quantitative estimate of drug-likeness (QED) is 0.722. The van der Waals surface area contributed by atoms with Crippen LogP contribution in [0.1, 0.15) is 25.7 Å². The third-order valence-electron chi connectivity index (χ3n) is 3.35. The summed E-state index contributed by atoms with van der Waals surface area (Å²) in [5.41, 5.74) is 5.66. The average Bonchev–Trinajstić information content (AvgIpc) is 2.76. The summed E-state index contributed by atoms with van der Waals surface area (Å²) in [4.78, 5) is 10.9. The van der Waals surface area contributed by atoms with Gasteiger partial charge in [-0.1, -0.05) is 0 Å². The van der Waals surface area contributed by atoms with Gasteiger partial charge in [0.1, 0.15) is 5.82 Å². The van der Waals surface area contributed by atoms with Gasteiger partial charge in [0.25, 0.3) is 0 Å². The number of nitrogens with two attached hydrogens (primary N) is 1. The summed E-state index contributed by atoms with van der Waals surface area (Å²) in [6.07, 6.45) is 6.92. The van der Waals surface area contributed by atoms with E-state index in [0.29, 0.717) is 17.9 Å². The summed E-state index contributed by atoms with van der Waals surface area (Å²) in [5.74, 6) is 1.40. The molecule has 0 spiro atoms. The first-order valence-corrected chi connectivity index (χ1v) is 5.21. The van der Waals surface area contributed by atoms with Gasteiger partial charge >= 0.3 is 0 Å². The highest BCUT2D eigenvalue weighted by Crippen LogP contribution is 2.39. The monoisotopic (exact) mass is 190 g/mol. The van der Waals surface area contributed by atoms with Gasteiger partial charge in [0.15, 0.2) is 0 Å². The molecule has 2 aliphatic rings. The number of fused-ring (bicyclic) bond motifs is 2. The maximum atomic E-state index is 5.66. The van der Waals surface area contributed by atoms with E-state index in [9.17, 15) is 0 Å². The van der Waals surface area contributed by atoms with E-state index in [1.54, 1.807) is 12.3 Å². The zero-order valence-corrected chi connectivity index (χ0v) is 8.06. The molecule has 4 heteroatoms. The number of aromatic nitrogens is 2. The highest BCUT2D eigenvalue weighted by molar-refractivity contribution is 5.42. The zero-order chi connectivity index (χ0) is 9.54. The Balaban J connectivity index is 1.95. The van der Waals surface area contributed by atoms with E-state index in [4.69, 9.17) is 5.73 Å². The Kier molecular flexibility index (Phi) is 1.63. The highest BCUT2D eigenvalue weighted by Gasteiger charge is 2.40. The number of nitrogens with zero attached hydrogens (tertiary/aromatic N) is 3. The van der Waals surface area contributed by atoms with Crippen LogP contribution in [-0.4, -0.2) is 22.1 Å². The van der Waals surface area contributed by atoms with Crippen LogP contribution in [0.15, 0.2) is 12.3 Å². The van der Waals surface area contributed by atoms with Crippen LogP contribution in [0, 0.1) is 0 Å². The van der Waals surface area contributed by atoms with Crippen molar-refractivity contribution in [3.05, 3.63) is 12.3 Å². The maximum absolute atomic E-state index is 5.66. The van der Waals surface area contributed by atoms with Crippen LogP contribution in [0.3, 0.4) is 0 Å². The normalized spacial score (nSPS) is 29.9. The number of nitrogen functional groups attached to an aromatic ring is 1. The molecule has 0 saturated carbocycles. The fourth-order valence-electron chi connectivity index (χ4n) is 2.73. The molecule has 14 heavy (non-hydrogen) atoms. The van der Waals surface area contributed by atoms with E-state index in [0.717, 1.165) is 5.95 Å². The molecular weight excluding hydrogens is 176 g/mol. The summed E-state index contributed by atoms with van der Waals surface area (Å²) in [5, 5.41) is 0. The zero-order valence-electron chi connectivity index (χ0n) is 8.06. The summed E-state index contributed by atoms with van der Waals surface area (Å²) in [6, 6.07) is 3.07. The van der Waals surface area contributed by atoms with E-state index >= 15 is 0 Å². The molecule has 4 nitrogen and oxygen atoms in total. The fourth-order valence-corrected chi connectivity index (χ4v) is 2.73. The topological polar surface area (TPSA) is 55.0 Å². The predicted octanol–water partition coefficient (Wildman–Crippen LogP) is 1.19. The molecule has 0 radical (unpaired) electrons. The molecule has 2 bridgehead atoms. The lowest BCUT2D eigenvalue weighted by Crippen LogP contribution is -2.29. The second kappa shape index (κ2) is 2.83. The second-order valence-corrected chi connectivity index (χ2v) is 4.15. The molecule has 0 unspecified atom stereocenters. The maximum Gasteiger partial charge on any atom is 0.227 e. The van der Waals surface area contributed by atoms with E-state index < -0.39 is 0 Å². The van der Waals surface area contributed by atoms with Crippen molar-refractivity contribution in [2.75, 3.05) is 10.6 Å². The minimum Gasteiger partial charge on any atom is -0.384 e. The Morgan fingerprint density at radius 3 is 2.43 bits per heavy atom. The Morgan fingerprint density at radius 2 is 1.86 bits per heavy atom. The SMILES string of the molecule is Nc1ccnc(N2C3CCC2CC3)n1. The molecule has 0 atom stereocenters. The minimum atomic E-state index is 0.571. The van der Waals surface area contributed by atoms with Crippen molar-refractivity contribution < 1.29 is 0 Å². The molecule has 3 rings (SSSR count). The predicted molar refractivity (Wildman–Crippen MR) is 55.0 cm³/mol. The van der Waals surface area contributed by atoms with Gasteiger partial charge in [-0.15, -0.1) is 0 Å². The molecule has 2 saturated heterocycles. The number of hydrogen-bond acceptors (Lipinski definition) is 4.